The third-order valence-corrected chi connectivity index (χ3v) is 5.09. The minimum Gasteiger partial charge on any atom is -0.384 e. The molecule has 0 amide bonds. The number of fused-ring (bicyclic) bond motifs is 1. The Hall–Kier alpha value is -2.87. The van der Waals surface area contributed by atoms with Gasteiger partial charge in [-0.2, -0.15) is 5.10 Å². The summed E-state index contributed by atoms with van der Waals surface area (Å²) in [6.45, 7) is 4.47. The van der Waals surface area contributed by atoms with Crippen molar-refractivity contribution in [2.24, 2.45) is 0 Å². The van der Waals surface area contributed by atoms with Crippen molar-refractivity contribution in [2.45, 2.75) is 20.4 Å². The number of hydrogen-bond acceptors (Lipinski definition) is 7. The maximum atomic E-state index is 5.96. The summed E-state index contributed by atoms with van der Waals surface area (Å²) >= 11 is 1.65. The lowest BCUT2D eigenvalue weighted by molar-refractivity contribution is 0.392. The minimum absolute atomic E-state index is 0.484. The second kappa shape index (κ2) is 5.64. The first-order chi connectivity index (χ1) is 11.6. The van der Waals surface area contributed by atoms with Gasteiger partial charge >= 0.3 is 0 Å². The normalized spacial score (nSPS) is 11.2. The van der Waals surface area contributed by atoms with Crippen LogP contribution in [-0.4, -0.2) is 20.3 Å². The van der Waals surface area contributed by atoms with Gasteiger partial charge in [-0.15, -0.1) is 11.3 Å². The van der Waals surface area contributed by atoms with Crippen LogP contribution in [0.3, 0.4) is 0 Å². The molecule has 0 aliphatic heterocycles. The smallest absolute Gasteiger partial charge is 0.138 e. The molecule has 8 heteroatoms. The average Bonchev–Trinajstić information content (AvgIpc) is 3.26. The van der Waals surface area contributed by atoms with E-state index in [1.807, 2.05) is 32.0 Å². The predicted octanol–water partition coefficient (Wildman–Crippen LogP) is 3.49. The zero-order chi connectivity index (χ0) is 16.7. The second-order valence-electron chi connectivity index (χ2n) is 5.55. The lowest BCUT2D eigenvalue weighted by atomic mass is 10.2. The standard InChI is InChI=1S/C16H16N6OS/c1-8-10(9(2)23-22-8)7-18-12-6-15(17)20-13-5-14(24-16(12)13)11-3-4-19-21-11/h3-6H,7H2,1-2H3,(H,19,21)(H3,17,18,20). The fourth-order valence-electron chi connectivity index (χ4n) is 2.64. The lowest BCUT2D eigenvalue weighted by Crippen LogP contribution is -2.02. The maximum absolute atomic E-state index is 5.96. The fourth-order valence-corrected chi connectivity index (χ4v) is 3.70. The van der Waals surface area contributed by atoms with E-state index in [-0.39, 0.29) is 0 Å². The second-order valence-corrected chi connectivity index (χ2v) is 6.60. The van der Waals surface area contributed by atoms with Crippen LogP contribution in [0.1, 0.15) is 17.0 Å². The van der Waals surface area contributed by atoms with Crippen molar-refractivity contribution < 1.29 is 4.52 Å². The summed E-state index contributed by atoms with van der Waals surface area (Å²) in [7, 11) is 0. The molecule has 0 fully saturated rings. The van der Waals surface area contributed by atoms with Crippen molar-refractivity contribution in [3.8, 4) is 10.6 Å². The van der Waals surface area contributed by atoms with Gasteiger partial charge < -0.3 is 15.6 Å². The molecule has 0 bridgehead atoms. The molecule has 0 radical (unpaired) electrons. The molecule has 0 aromatic carbocycles. The number of thiophene rings is 1. The highest BCUT2D eigenvalue weighted by molar-refractivity contribution is 7.22. The van der Waals surface area contributed by atoms with Crippen molar-refractivity contribution in [1.82, 2.24) is 20.3 Å². The largest absolute Gasteiger partial charge is 0.384 e. The molecular formula is C16H16N6OS. The van der Waals surface area contributed by atoms with Crippen LogP contribution in [0.5, 0.6) is 0 Å². The number of aryl methyl sites for hydroxylation is 2. The molecule has 4 aromatic heterocycles. The van der Waals surface area contributed by atoms with Gasteiger partial charge in [-0.3, -0.25) is 5.10 Å². The molecule has 0 saturated heterocycles. The van der Waals surface area contributed by atoms with Crippen LogP contribution < -0.4 is 11.1 Å². The number of rotatable bonds is 4. The highest BCUT2D eigenvalue weighted by Crippen LogP contribution is 2.37. The molecule has 0 aliphatic rings. The molecule has 122 valence electrons. The quantitative estimate of drug-likeness (QED) is 0.525. The van der Waals surface area contributed by atoms with Gasteiger partial charge in [0, 0.05) is 24.4 Å². The topological polar surface area (TPSA) is 106 Å². The predicted molar refractivity (Wildman–Crippen MR) is 94.9 cm³/mol. The fraction of sp³-hybridized carbons (Fsp3) is 0.188. The molecular weight excluding hydrogens is 324 g/mol. The van der Waals surface area contributed by atoms with E-state index >= 15 is 0 Å². The molecule has 0 spiro atoms. The molecule has 4 heterocycles. The van der Waals surface area contributed by atoms with Crippen LogP contribution in [0.2, 0.25) is 0 Å². The van der Waals surface area contributed by atoms with E-state index in [1.165, 1.54) is 0 Å². The first kappa shape index (κ1) is 14.7. The van der Waals surface area contributed by atoms with Gasteiger partial charge in [-0.1, -0.05) is 5.16 Å². The van der Waals surface area contributed by atoms with Crippen molar-refractivity contribution in [3.05, 3.63) is 41.4 Å². The SMILES string of the molecule is Cc1noc(C)c1CNc1cc(N)nc2cc(-c3ccn[nH]3)sc12. The van der Waals surface area contributed by atoms with Gasteiger partial charge in [-0.05, 0) is 26.0 Å². The summed E-state index contributed by atoms with van der Waals surface area (Å²) in [5, 5.41) is 14.4. The molecule has 7 nitrogen and oxygen atoms in total. The van der Waals surface area contributed by atoms with E-state index in [0.29, 0.717) is 12.4 Å². The summed E-state index contributed by atoms with van der Waals surface area (Å²) < 4.78 is 6.27. The number of pyridine rings is 1. The zero-order valence-electron chi connectivity index (χ0n) is 13.3. The van der Waals surface area contributed by atoms with Crippen molar-refractivity contribution in [1.29, 1.82) is 0 Å². The Bertz CT molecular complexity index is 982. The van der Waals surface area contributed by atoms with Gasteiger partial charge in [0.1, 0.15) is 11.6 Å². The number of nitrogens with one attached hydrogen (secondary N) is 2. The summed E-state index contributed by atoms with van der Waals surface area (Å²) in [6, 6.07) is 5.81. The average molecular weight is 340 g/mol. The van der Waals surface area contributed by atoms with Crippen LogP contribution in [0.15, 0.2) is 28.9 Å². The molecule has 0 saturated carbocycles. The number of nitrogens with two attached hydrogens (primary N) is 1. The first-order valence-corrected chi connectivity index (χ1v) is 8.29. The number of nitrogens with zero attached hydrogens (tertiary/aromatic N) is 3. The third-order valence-electron chi connectivity index (χ3n) is 3.90. The van der Waals surface area contributed by atoms with E-state index < -0.39 is 0 Å². The van der Waals surface area contributed by atoms with Crippen LogP contribution in [0.4, 0.5) is 11.5 Å². The van der Waals surface area contributed by atoms with Crippen molar-refractivity contribution in [2.75, 3.05) is 11.1 Å². The van der Waals surface area contributed by atoms with E-state index in [9.17, 15) is 0 Å². The summed E-state index contributed by atoms with van der Waals surface area (Å²) in [6.07, 6.45) is 1.73. The Kier molecular flexibility index (Phi) is 3.46. The van der Waals surface area contributed by atoms with Crippen molar-refractivity contribution in [3.63, 3.8) is 0 Å². The molecule has 0 aliphatic carbocycles. The molecule has 0 unspecified atom stereocenters. The van der Waals surface area contributed by atoms with Crippen LogP contribution in [-0.2, 0) is 6.54 Å². The van der Waals surface area contributed by atoms with Crippen LogP contribution >= 0.6 is 11.3 Å². The van der Waals surface area contributed by atoms with Crippen LogP contribution in [0, 0.1) is 13.8 Å². The molecule has 24 heavy (non-hydrogen) atoms. The van der Waals surface area contributed by atoms with Crippen molar-refractivity contribution >= 4 is 33.1 Å². The Balaban J connectivity index is 1.72. The minimum atomic E-state index is 0.484. The van der Waals surface area contributed by atoms with E-state index in [0.717, 1.165) is 43.5 Å². The molecule has 4 N–H and O–H groups in total. The zero-order valence-corrected chi connectivity index (χ0v) is 14.1. The van der Waals surface area contributed by atoms with E-state index in [1.54, 1.807) is 17.5 Å². The Morgan fingerprint density at radius 1 is 1.33 bits per heavy atom. The Morgan fingerprint density at radius 2 is 2.21 bits per heavy atom. The molecule has 4 rings (SSSR count). The molecule has 4 aromatic rings. The lowest BCUT2D eigenvalue weighted by Gasteiger charge is -2.08. The number of H-pyrrole nitrogens is 1. The van der Waals surface area contributed by atoms with Gasteiger partial charge in [0.05, 0.1) is 32.2 Å². The number of hydrogen-bond donors (Lipinski definition) is 3. The maximum Gasteiger partial charge on any atom is 0.138 e. The van der Waals surface area contributed by atoms with Crippen LogP contribution in [0.25, 0.3) is 20.8 Å². The summed E-state index contributed by atoms with van der Waals surface area (Å²) in [4.78, 5) is 5.50. The Morgan fingerprint density at radius 3 is 2.92 bits per heavy atom. The highest BCUT2D eigenvalue weighted by Gasteiger charge is 2.13. The number of aromatic amines is 1. The summed E-state index contributed by atoms with van der Waals surface area (Å²) in [5.41, 5.74) is 10.7. The van der Waals surface area contributed by atoms with E-state index in [4.69, 9.17) is 10.3 Å². The van der Waals surface area contributed by atoms with Gasteiger partial charge in [-0.25, -0.2) is 4.98 Å². The number of anilines is 2. The monoisotopic (exact) mass is 340 g/mol. The van der Waals surface area contributed by atoms with Gasteiger partial charge in [0.25, 0.3) is 0 Å². The summed E-state index contributed by atoms with van der Waals surface area (Å²) in [5.74, 6) is 1.31. The third kappa shape index (κ3) is 2.50. The van der Waals surface area contributed by atoms with Gasteiger partial charge in [0.15, 0.2) is 0 Å². The van der Waals surface area contributed by atoms with E-state index in [2.05, 4.69) is 25.7 Å². The molecule has 0 atom stereocenters. The highest BCUT2D eigenvalue weighted by atomic mass is 32.1. The van der Waals surface area contributed by atoms with Gasteiger partial charge in [0.2, 0.25) is 0 Å². The number of aromatic nitrogens is 4. The first-order valence-electron chi connectivity index (χ1n) is 7.47. The number of nitrogen functional groups attached to an aromatic ring is 1. The Labute approximate surface area is 141 Å².